The van der Waals surface area contributed by atoms with Crippen molar-refractivity contribution < 1.29 is 9.59 Å². The highest BCUT2D eigenvalue weighted by Crippen LogP contribution is 2.30. The van der Waals surface area contributed by atoms with E-state index < -0.39 is 0 Å². The summed E-state index contributed by atoms with van der Waals surface area (Å²) in [6, 6.07) is 7.23. The fraction of sp³-hybridized carbons (Fsp3) is 0.500. The molecule has 2 atom stereocenters. The molecule has 3 heterocycles. The van der Waals surface area contributed by atoms with Gasteiger partial charge in [0.1, 0.15) is 12.1 Å². The van der Waals surface area contributed by atoms with Crippen molar-refractivity contribution >= 4 is 35.2 Å². The van der Waals surface area contributed by atoms with E-state index in [2.05, 4.69) is 4.90 Å². The molecule has 3 aliphatic rings. The smallest absolute Gasteiger partial charge is 0.248 e. The van der Waals surface area contributed by atoms with Crippen molar-refractivity contribution in [2.24, 2.45) is 0 Å². The first-order valence-electron chi connectivity index (χ1n) is 7.79. The maximum Gasteiger partial charge on any atom is 0.248 e. The Morgan fingerprint density at radius 2 is 1.96 bits per heavy atom. The lowest BCUT2D eigenvalue weighted by molar-refractivity contribution is -0.162. The normalized spacial score (nSPS) is 28.0. The van der Waals surface area contributed by atoms with Crippen molar-refractivity contribution in [3.05, 3.63) is 34.9 Å². The van der Waals surface area contributed by atoms with Gasteiger partial charge in [0.15, 0.2) is 0 Å². The Balaban J connectivity index is 1.49. The van der Waals surface area contributed by atoms with E-state index in [0.29, 0.717) is 19.0 Å². The lowest BCUT2D eigenvalue weighted by Gasteiger charge is -2.47. The number of thioether (sulfide) groups is 1. The van der Waals surface area contributed by atoms with Crippen LogP contribution in [0.1, 0.15) is 5.56 Å². The molecule has 2 amide bonds. The van der Waals surface area contributed by atoms with Crippen LogP contribution in [0.3, 0.4) is 0 Å². The average Bonchev–Trinajstić information content (AvgIpc) is 3.03. The monoisotopic (exact) mass is 351 g/mol. The van der Waals surface area contributed by atoms with Crippen LogP contribution in [0.4, 0.5) is 0 Å². The maximum absolute atomic E-state index is 12.7. The molecular weight excluding hydrogens is 334 g/mol. The SMILES string of the molecule is O=C1[C@@H]2CSCN2C(=O)[C@H]2CN(Cc3cccc(Cl)c3)CCN12. The first kappa shape index (κ1) is 15.3. The fourth-order valence-corrected chi connectivity index (χ4v) is 4.97. The number of hydrogen-bond acceptors (Lipinski definition) is 4. The van der Waals surface area contributed by atoms with E-state index in [0.717, 1.165) is 29.4 Å². The summed E-state index contributed by atoms with van der Waals surface area (Å²) in [4.78, 5) is 31.1. The summed E-state index contributed by atoms with van der Waals surface area (Å²) < 4.78 is 0. The summed E-state index contributed by atoms with van der Waals surface area (Å²) in [6.07, 6.45) is 0. The predicted octanol–water partition coefficient (Wildman–Crippen LogP) is 1.27. The van der Waals surface area contributed by atoms with Crippen LogP contribution in [-0.2, 0) is 16.1 Å². The summed E-state index contributed by atoms with van der Waals surface area (Å²) in [5.41, 5.74) is 1.13. The number of carbonyl (C=O) groups excluding carboxylic acids is 2. The molecule has 1 aromatic rings. The molecule has 3 saturated heterocycles. The molecule has 3 aliphatic heterocycles. The largest absolute Gasteiger partial charge is 0.326 e. The van der Waals surface area contributed by atoms with Crippen LogP contribution < -0.4 is 0 Å². The molecule has 0 spiro atoms. The van der Waals surface area contributed by atoms with Crippen molar-refractivity contribution in [2.45, 2.75) is 18.6 Å². The predicted molar refractivity (Wildman–Crippen MR) is 90.2 cm³/mol. The molecule has 0 aromatic heterocycles. The van der Waals surface area contributed by atoms with E-state index >= 15 is 0 Å². The Bertz CT molecular complexity index is 656. The molecule has 122 valence electrons. The highest BCUT2D eigenvalue weighted by atomic mass is 35.5. The van der Waals surface area contributed by atoms with Gasteiger partial charge < -0.3 is 9.80 Å². The minimum absolute atomic E-state index is 0.107. The zero-order valence-electron chi connectivity index (χ0n) is 12.7. The van der Waals surface area contributed by atoms with E-state index in [1.807, 2.05) is 24.3 Å². The molecule has 0 bridgehead atoms. The lowest BCUT2D eigenvalue weighted by Crippen LogP contribution is -2.69. The minimum Gasteiger partial charge on any atom is -0.326 e. The van der Waals surface area contributed by atoms with E-state index in [4.69, 9.17) is 11.6 Å². The number of nitrogens with zero attached hydrogens (tertiary/aromatic N) is 3. The molecule has 1 aromatic carbocycles. The maximum atomic E-state index is 12.7. The fourth-order valence-electron chi connectivity index (χ4n) is 3.60. The third-order valence-electron chi connectivity index (χ3n) is 4.78. The molecule has 0 N–H and O–H groups in total. The highest BCUT2D eigenvalue weighted by molar-refractivity contribution is 7.99. The van der Waals surface area contributed by atoms with Gasteiger partial charge in [-0.25, -0.2) is 0 Å². The topological polar surface area (TPSA) is 43.9 Å². The van der Waals surface area contributed by atoms with E-state index in [9.17, 15) is 9.59 Å². The van der Waals surface area contributed by atoms with Gasteiger partial charge in [-0.3, -0.25) is 14.5 Å². The van der Waals surface area contributed by atoms with Gasteiger partial charge in [-0.1, -0.05) is 23.7 Å². The Hall–Kier alpha value is -1.24. The molecule has 3 fully saturated rings. The molecule has 0 aliphatic carbocycles. The van der Waals surface area contributed by atoms with E-state index in [-0.39, 0.29) is 23.9 Å². The van der Waals surface area contributed by atoms with Gasteiger partial charge in [-0.15, -0.1) is 11.8 Å². The molecule has 7 heteroatoms. The second-order valence-electron chi connectivity index (χ2n) is 6.24. The number of hydrogen-bond donors (Lipinski definition) is 0. The van der Waals surface area contributed by atoms with Crippen LogP contribution in [0, 0.1) is 0 Å². The van der Waals surface area contributed by atoms with Crippen molar-refractivity contribution in [3.8, 4) is 0 Å². The van der Waals surface area contributed by atoms with E-state index in [1.54, 1.807) is 21.6 Å². The molecule has 0 radical (unpaired) electrons. The standard InChI is InChI=1S/C16H18ClN3O2S/c17-12-3-1-2-11(6-12)7-18-4-5-19-13(8-18)15(21)20-10-23-9-14(20)16(19)22/h1-3,6,13-14H,4-5,7-10H2/t13-,14+/m1/s1. The molecule has 0 unspecified atom stereocenters. The van der Waals surface area contributed by atoms with Crippen LogP contribution in [-0.4, -0.2) is 69.9 Å². The minimum atomic E-state index is -0.328. The second kappa shape index (κ2) is 6.00. The van der Waals surface area contributed by atoms with Gasteiger partial charge in [-0.05, 0) is 17.7 Å². The van der Waals surface area contributed by atoms with Crippen molar-refractivity contribution in [1.29, 1.82) is 0 Å². The number of fused-ring (bicyclic) bond motifs is 2. The first-order valence-corrected chi connectivity index (χ1v) is 9.32. The van der Waals surface area contributed by atoms with Crippen molar-refractivity contribution in [1.82, 2.24) is 14.7 Å². The number of carbonyl (C=O) groups is 2. The van der Waals surface area contributed by atoms with Crippen molar-refractivity contribution in [2.75, 3.05) is 31.3 Å². The zero-order chi connectivity index (χ0) is 16.0. The molecular formula is C16H18ClN3O2S. The van der Waals surface area contributed by atoms with Gasteiger partial charge in [0.05, 0.1) is 5.88 Å². The Kier molecular flexibility index (Phi) is 3.99. The summed E-state index contributed by atoms with van der Waals surface area (Å²) in [5, 5.41) is 0.724. The summed E-state index contributed by atoms with van der Waals surface area (Å²) in [6.45, 7) is 2.78. The Morgan fingerprint density at radius 1 is 1.13 bits per heavy atom. The molecule has 0 saturated carbocycles. The van der Waals surface area contributed by atoms with Crippen LogP contribution in [0.2, 0.25) is 5.02 Å². The molecule has 23 heavy (non-hydrogen) atoms. The van der Waals surface area contributed by atoms with Crippen molar-refractivity contribution in [3.63, 3.8) is 0 Å². The van der Waals surface area contributed by atoms with Crippen LogP contribution in [0.5, 0.6) is 0 Å². The van der Waals surface area contributed by atoms with Gasteiger partial charge in [0.2, 0.25) is 11.8 Å². The Labute approximate surface area is 144 Å². The number of piperazine rings is 2. The lowest BCUT2D eigenvalue weighted by atomic mass is 10.0. The highest BCUT2D eigenvalue weighted by Gasteiger charge is 2.49. The van der Waals surface area contributed by atoms with E-state index in [1.165, 1.54) is 0 Å². The zero-order valence-corrected chi connectivity index (χ0v) is 14.2. The summed E-state index contributed by atoms with van der Waals surface area (Å²) in [5.74, 6) is 1.62. The summed E-state index contributed by atoms with van der Waals surface area (Å²) in [7, 11) is 0. The third kappa shape index (κ3) is 2.73. The molecule has 5 nitrogen and oxygen atoms in total. The van der Waals surface area contributed by atoms with Gasteiger partial charge >= 0.3 is 0 Å². The number of benzene rings is 1. The number of amides is 2. The van der Waals surface area contributed by atoms with Crippen LogP contribution in [0.25, 0.3) is 0 Å². The summed E-state index contributed by atoms with van der Waals surface area (Å²) >= 11 is 7.71. The van der Waals surface area contributed by atoms with Crippen LogP contribution >= 0.6 is 23.4 Å². The quantitative estimate of drug-likeness (QED) is 0.805. The third-order valence-corrected chi connectivity index (χ3v) is 6.03. The number of halogens is 1. The second-order valence-corrected chi connectivity index (χ2v) is 7.67. The van der Waals surface area contributed by atoms with Gasteiger partial charge in [0.25, 0.3) is 0 Å². The Morgan fingerprint density at radius 3 is 2.78 bits per heavy atom. The molecule has 4 rings (SSSR count). The van der Waals surface area contributed by atoms with Gasteiger partial charge in [0, 0.05) is 37.0 Å². The first-order chi connectivity index (χ1) is 11.1. The number of rotatable bonds is 2. The average molecular weight is 352 g/mol. The van der Waals surface area contributed by atoms with Crippen LogP contribution in [0.15, 0.2) is 24.3 Å². The van der Waals surface area contributed by atoms with Gasteiger partial charge in [-0.2, -0.15) is 0 Å².